The van der Waals surface area contributed by atoms with E-state index in [4.69, 9.17) is 4.42 Å². The van der Waals surface area contributed by atoms with E-state index in [1.54, 1.807) is 12.1 Å². The molecule has 4 nitrogen and oxygen atoms in total. The third kappa shape index (κ3) is 4.65. The highest BCUT2D eigenvalue weighted by atomic mass is 16.3. The largest absolute Gasteiger partial charge is 0.508 e. The average Bonchev–Trinajstić information content (AvgIpc) is 3.18. The van der Waals surface area contributed by atoms with E-state index >= 15 is 0 Å². The Kier molecular flexibility index (Phi) is 6.50. The van der Waals surface area contributed by atoms with Crippen molar-refractivity contribution in [3.05, 3.63) is 89.7 Å². The quantitative estimate of drug-likeness (QED) is 0.293. The van der Waals surface area contributed by atoms with Gasteiger partial charge >= 0.3 is 0 Å². The monoisotopic (exact) mass is 426 g/mol. The summed E-state index contributed by atoms with van der Waals surface area (Å²) in [4.78, 5) is 25.3. The van der Waals surface area contributed by atoms with E-state index < -0.39 is 0 Å². The molecule has 162 valence electrons. The van der Waals surface area contributed by atoms with Gasteiger partial charge in [0, 0.05) is 29.4 Å². The van der Waals surface area contributed by atoms with Gasteiger partial charge in [-0.2, -0.15) is 0 Å². The number of Topliss-reactive ketones (excluding diaryl/α,β-unsaturated/α-hetero) is 2. The number of hydrogen-bond donors (Lipinski definition) is 1. The summed E-state index contributed by atoms with van der Waals surface area (Å²) in [6.45, 7) is 1.98. The van der Waals surface area contributed by atoms with Gasteiger partial charge in [-0.15, -0.1) is 0 Å². The number of phenols is 1. The molecule has 1 heterocycles. The Labute approximate surface area is 187 Å². The van der Waals surface area contributed by atoms with Crippen LogP contribution in [-0.2, 0) is 6.42 Å². The summed E-state index contributed by atoms with van der Waals surface area (Å²) in [5.41, 5.74) is 4.29. The summed E-state index contributed by atoms with van der Waals surface area (Å²) in [6.07, 6.45) is 2.75. The van der Waals surface area contributed by atoms with E-state index in [1.807, 2.05) is 55.5 Å². The van der Waals surface area contributed by atoms with Crippen LogP contribution in [-0.4, -0.2) is 16.7 Å². The number of hydrogen-bond acceptors (Lipinski definition) is 4. The van der Waals surface area contributed by atoms with Crippen molar-refractivity contribution in [2.75, 3.05) is 0 Å². The van der Waals surface area contributed by atoms with Gasteiger partial charge in [0.15, 0.2) is 17.3 Å². The molecule has 1 N–H and O–H groups in total. The number of phenolic OH excluding ortho intramolecular Hbond substituents is 1. The zero-order valence-corrected chi connectivity index (χ0v) is 18.1. The first kappa shape index (κ1) is 21.6. The zero-order chi connectivity index (χ0) is 22.5. The van der Waals surface area contributed by atoms with Gasteiger partial charge in [0.05, 0.1) is 0 Å². The Morgan fingerprint density at radius 1 is 0.844 bits per heavy atom. The second-order valence-corrected chi connectivity index (χ2v) is 7.98. The van der Waals surface area contributed by atoms with Gasteiger partial charge < -0.3 is 9.52 Å². The summed E-state index contributed by atoms with van der Waals surface area (Å²) in [7, 11) is 0. The Morgan fingerprint density at radius 2 is 1.59 bits per heavy atom. The van der Waals surface area contributed by atoms with E-state index in [2.05, 4.69) is 0 Å². The van der Waals surface area contributed by atoms with Gasteiger partial charge in [-0.05, 0) is 60.7 Å². The van der Waals surface area contributed by atoms with Crippen molar-refractivity contribution in [1.82, 2.24) is 0 Å². The maximum atomic E-state index is 12.8. The number of benzene rings is 3. The van der Waals surface area contributed by atoms with Crippen LogP contribution in [0.4, 0.5) is 0 Å². The average molecular weight is 427 g/mol. The van der Waals surface area contributed by atoms with Crippen molar-refractivity contribution < 1.29 is 19.1 Å². The summed E-state index contributed by atoms with van der Waals surface area (Å²) in [5.74, 6) is 0.583. The highest BCUT2D eigenvalue weighted by Crippen LogP contribution is 2.32. The summed E-state index contributed by atoms with van der Waals surface area (Å²) >= 11 is 0. The molecular formula is C28H26O4. The number of carbonyl (C=O) groups excluding carboxylic acids is 2. The van der Waals surface area contributed by atoms with Crippen molar-refractivity contribution >= 4 is 22.5 Å². The molecular weight excluding hydrogens is 400 g/mol. The third-order valence-corrected chi connectivity index (χ3v) is 5.65. The van der Waals surface area contributed by atoms with E-state index in [0.29, 0.717) is 42.6 Å². The van der Waals surface area contributed by atoms with E-state index in [-0.39, 0.29) is 17.3 Å². The smallest absolute Gasteiger partial charge is 0.198 e. The second kappa shape index (κ2) is 9.65. The minimum atomic E-state index is 0.00447. The van der Waals surface area contributed by atoms with Gasteiger partial charge in [-0.1, -0.05) is 49.4 Å². The molecule has 0 spiro atoms. The summed E-state index contributed by atoms with van der Waals surface area (Å²) < 4.78 is 6.07. The number of aromatic hydroxyl groups is 1. The predicted molar refractivity (Wildman–Crippen MR) is 126 cm³/mol. The second-order valence-electron chi connectivity index (χ2n) is 7.98. The standard InChI is InChI=1S/C28H26O4/c1-2-7-26(31)28-24(10-6-11-25(30)20-12-15-22(29)16-13-20)23-17-14-21(18-27(23)32-28)19-8-4-3-5-9-19/h3-5,8-9,12-18,29H,2,6-7,10-11H2,1H3. The van der Waals surface area contributed by atoms with Crippen molar-refractivity contribution in [1.29, 1.82) is 0 Å². The lowest BCUT2D eigenvalue weighted by Crippen LogP contribution is -2.03. The fourth-order valence-corrected chi connectivity index (χ4v) is 3.99. The predicted octanol–water partition coefficient (Wildman–Crippen LogP) is 6.99. The van der Waals surface area contributed by atoms with Crippen LogP contribution in [0.2, 0.25) is 0 Å². The molecule has 1 aromatic heterocycles. The molecule has 0 aliphatic carbocycles. The number of carbonyl (C=O) groups is 2. The van der Waals surface area contributed by atoms with Crippen LogP contribution in [0.25, 0.3) is 22.1 Å². The molecule has 0 fully saturated rings. The van der Waals surface area contributed by atoms with Crippen LogP contribution in [0.15, 0.2) is 77.2 Å². The molecule has 0 radical (unpaired) electrons. The van der Waals surface area contributed by atoms with Crippen LogP contribution in [0.1, 0.15) is 59.1 Å². The topological polar surface area (TPSA) is 67.5 Å². The number of rotatable bonds is 9. The van der Waals surface area contributed by atoms with Gasteiger partial charge in [0.2, 0.25) is 0 Å². The molecule has 3 aromatic carbocycles. The van der Waals surface area contributed by atoms with Crippen LogP contribution in [0.5, 0.6) is 5.75 Å². The molecule has 0 unspecified atom stereocenters. The molecule has 0 amide bonds. The van der Waals surface area contributed by atoms with Gasteiger partial charge in [-0.25, -0.2) is 0 Å². The maximum absolute atomic E-state index is 12.8. The van der Waals surface area contributed by atoms with Crippen LogP contribution in [0, 0.1) is 0 Å². The molecule has 4 rings (SSSR count). The number of ketones is 2. The summed E-state index contributed by atoms with van der Waals surface area (Å²) in [5, 5.41) is 10.3. The van der Waals surface area contributed by atoms with Crippen LogP contribution < -0.4 is 0 Å². The summed E-state index contributed by atoms with van der Waals surface area (Å²) in [6, 6.07) is 22.4. The third-order valence-electron chi connectivity index (χ3n) is 5.65. The van der Waals surface area contributed by atoms with E-state index in [1.165, 1.54) is 12.1 Å². The van der Waals surface area contributed by atoms with Gasteiger partial charge in [0.25, 0.3) is 0 Å². The SMILES string of the molecule is CCCC(=O)c1oc2cc(-c3ccccc3)ccc2c1CCCC(=O)c1ccc(O)cc1. The molecule has 4 aromatic rings. The first-order chi connectivity index (χ1) is 15.6. The minimum absolute atomic E-state index is 0.00447. The van der Waals surface area contributed by atoms with Crippen molar-refractivity contribution in [2.24, 2.45) is 0 Å². The van der Waals surface area contributed by atoms with Crippen molar-refractivity contribution in [3.63, 3.8) is 0 Å². The first-order valence-corrected chi connectivity index (χ1v) is 11.0. The van der Waals surface area contributed by atoms with Crippen molar-refractivity contribution in [3.8, 4) is 16.9 Å². The lowest BCUT2D eigenvalue weighted by Gasteiger charge is -2.04. The van der Waals surface area contributed by atoms with Crippen LogP contribution in [0.3, 0.4) is 0 Å². The molecule has 0 saturated heterocycles. The Bertz CT molecular complexity index is 1230. The maximum Gasteiger partial charge on any atom is 0.198 e. The first-order valence-electron chi connectivity index (χ1n) is 11.0. The number of fused-ring (bicyclic) bond motifs is 1. The highest BCUT2D eigenvalue weighted by Gasteiger charge is 2.20. The molecule has 0 bridgehead atoms. The Morgan fingerprint density at radius 3 is 2.31 bits per heavy atom. The lowest BCUT2D eigenvalue weighted by atomic mass is 9.97. The van der Waals surface area contributed by atoms with Gasteiger partial charge in [-0.3, -0.25) is 9.59 Å². The normalized spacial score (nSPS) is 11.0. The Balaban J connectivity index is 1.59. The molecule has 0 saturated carbocycles. The molecule has 0 aliphatic rings. The minimum Gasteiger partial charge on any atom is -0.508 e. The molecule has 0 aliphatic heterocycles. The lowest BCUT2D eigenvalue weighted by molar-refractivity contribution is 0.0955. The highest BCUT2D eigenvalue weighted by molar-refractivity contribution is 6.01. The fraction of sp³-hybridized carbons (Fsp3) is 0.214. The van der Waals surface area contributed by atoms with Gasteiger partial charge in [0.1, 0.15) is 11.3 Å². The Hall–Kier alpha value is -3.66. The van der Waals surface area contributed by atoms with E-state index in [0.717, 1.165) is 28.5 Å². The molecule has 0 atom stereocenters. The molecule has 4 heteroatoms. The zero-order valence-electron chi connectivity index (χ0n) is 18.1. The fourth-order valence-electron chi connectivity index (χ4n) is 3.99. The number of furan rings is 1. The van der Waals surface area contributed by atoms with Crippen LogP contribution >= 0.6 is 0 Å². The molecule has 32 heavy (non-hydrogen) atoms. The van der Waals surface area contributed by atoms with E-state index in [9.17, 15) is 14.7 Å². The van der Waals surface area contributed by atoms with Crippen molar-refractivity contribution in [2.45, 2.75) is 39.0 Å². The number of aryl methyl sites for hydroxylation is 1.